The van der Waals surface area contributed by atoms with Gasteiger partial charge in [-0.05, 0) is 45.3 Å². The lowest BCUT2D eigenvalue weighted by Gasteiger charge is -2.33. The van der Waals surface area contributed by atoms with Crippen LogP contribution < -0.4 is 15.8 Å². The number of piperidine rings is 1. The summed E-state index contributed by atoms with van der Waals surface area (Å²) in [4.78, 5) is 33.4. The Morgan fingerprint density at radius 3 is 2.81 bits per heavy atom. The Hall–Kier alpha value is -2.35. The molecule has 3 aliphatic rings. The Balaban J connectivity index is 1.47. The van der Waals surface area contributed by atoms with E-state index in [-0.39, 0.29) is 6.03 Å². The molecule has 2 saturated heterocycles. The molecule has 0 spiro atoms. The van der Waals surface area contributed by atoms with E-state index in [0.717, 1.165) is 19.5 Å². The summed E-state index contributed by atoms with van der Waals surface area (Å²) >= 11 is 0. The first-order valence-electron chi connectivity index (χ1n) is 9.70. The minimum Gasteiger partial charge on any atom is -0.477 e. The number of hydrogen-bond acceptors (Lipinski definition) is 5. The predicted molar refractivity (Wildman–Crippen MR) is 99.1 cm³/mol. The lowest BCUT2D eigenvalue weighted by atomic mass is 9.89. The molecule has 3 aliphatic heterocycles. The van der Waals surface area contributed by atoms with Crippen LogP contribution in [0.1, 0.15) is 38.2 Å². The van der Waals surface area contributed by atoms with Crippen molar-refractivity contribution in [2.75, 3.05) is 26.2 Å². The Morgan fingerprint density at radius 1 is 1.30 bits per heavy atom. The Bertz CT molecular complexity index is 736. The van der Waals surface area contributed by atoms with Gasteiger partial charge in [-0.3, -0.25) is 14.7 Å². The lowest BCUT2D eigenvalue weighted by Crippen LogP contribution is -2.58. The predicted octanol–water partition coefficient (Wildman–Crippen LogP) is 0.813. The molecule has 0 bridgehead atoms. The maximum absolute atomic E-state index is 13.0. The molecular weight excluding hydrogens is 346 g/mol. The van der Waals surface area contributed by atoms with Crippen molar-refractivity contribution in [3.63, 3.8) is 0 Å². The average Bonchev–Trinajstić information content (AvgIpc) is 3.27. The van der Waals surface area contributed by atoms with Crippen molar-refractivity contribution in [2.45, 2.75) is 50.3 Å². The van der Waals surface area contributed by atoms with Crippen LogP contribution in [0.15, 0.2) is 18.5 Å². The zero-order valence-electron chi connectivity index (χ0n) is 15.7. The van der Waals surface area contributed by atoms with Crippen molar-refractivity contribution in [3.05, 3.63) is 24.0 Å². The molecule has 3 amide bonds. The third kappa shape index (κ3) is 3.22. The number of likely N-dealkylation sites (tertiary alicyclic amines) is 2. The van der Waals surface area contributed by atoms with Crippen LogP contribution in [-0.2, 0) is 10.3 Å². The highest BCUT2D eigenvalue weighted by Gasteiger charge is 2.50. The van der Waals surface area contributed by atoms with Gasteiger partial charge in [-0.25, -0.2) is 4.79 Å². The third-order valence-electron chi connectivity index (χ3n) is 6.09. The van der Waals surface area contributed by atoms with Gasteiger partial charge in [-0.2, -0.15) is 0 Å². The number of nitrogens with one attached hydrogen (secondary N) is 1. The van der Waals surface area contributed by atoms with E-state index in [1.54, 1.807) is 25.4 Å². The van der Waals surface area contributed by atoms with Gasteiger partial charge in [0.15, 0.2) is 0 Å². The number of urea groups is 1. The monoisotopic (exact) mass is 373 g/mol. The van der Waals surface area contributed by atoms with Crippen molar-refractivity contribution >= 4 is 11.9 Å². The van der Waals surface area contributed by atoms with E-state index >= 15 is 0 Å². The van der Waals surface area contributed by atoms with Crippen molar-refractivity contribution < 1.29 is 14.3 Å². The summed E-state index contributed by atoms with van der Waals surface area (Å²) in [6.07, 6.45) is 7.02. The highest BCUT2D eigenvalue weighted by atomic mass is 16.5. The smallest absolute Gasteiger partial charge is 0.318 e. The topological polar surface area (TPSA) is 101 Å². The number of ether oxygens (including phenoxy) is 1. The van der Waals surface area contributed by atoms with E-state index in [2.05, 4.69) is 15.2 Å². The van der Waals surface area contributed by atoms with Gasteiger partial charge >= 0.3 is 6.03 Å². The first kappa shape index (κ1) is 18.0. The van der Waals surface area contributed by atoms with Crippen LogP contribution in [0.2, 0.25) is 0 Å². The second-order valence-corrected chi connectivity index (χ2v) is 7.89. The van der Waals surface area contributed by atoms with Crippen LogP contribution in [0.25, 0.3) is 0 Å². The number of primary amides is 1. The number of aromatic nitrogens is 1. The zero-order chi connectivity index (χ0) is 19.0. The molecule has 4 heterocycles. The molecule has 3 N–H and O–H groups in total. The van der Waals surface area contributed by atoms with E-state index in [9.17, 15) is 9.59 Å². The van der Waals surface area contributed by atoms with Crippen LogP contribution >= 0.6 is 0 Å². The van der Waals surface area contributed by atoms with Gasteiger partial charge in [0.1, 0.15) is 11.3 Å². The fourth-order valence-corrected chi connectivity index (χ4v) is 4.55. The number of amides is 3. The highest BCUT2D eigenvalue weighted by Crippen LogP contribution is 2.40. The fourth-order valence-electron chi connectivity index (χ4n) is 4.55. The molecule has 2 unspecified atom stereocenters. The molecule has 8 heteroatoms. The molecule has 4 rings (SSSR count). The van der Waals surface area contributed by atoms with Crippen LogP contribution in [0, 0.1) is 0 Å². The molecule has 3 atom stereocenters. The molecule has 146 valence electrons. The first-order valence-corrected chi connectivity index (χ1v) is 9.70. The van der Waals surface area contributed by atoms with E-state index in [1.165, 1.54) is 19.3 Å². The highest BCUT2D eigenvalue weighted by molar-refractivity contribution is 5.85. The minimum atomic E-state index is -1.03. The summed E-state index contributed by atoms with van der Waals surface area (Å²) in [6.45, 7) is 5.43. The summed E-state index contributed by atoms with van der Waals surface area (Å²) in [5.41, 5.74) is 5.19. The summed E-state index contributed by atoms with van der Waals surface area (Å²) in [6, 6.07) is 1.92. The molecule has 1 aromatic heterocycles. The summed E-state index contributed by atoms with van der Waals surface area (Å²) in [5.74, 6) is -0.0779. The van der Waals surface area contributed by atoms with E-state index < -0.39 is 17.6 Å². The minimum absolute atomic E-state index is 0.191. The maximum atomic E-state index is 13.0. The molecule has 27 heavy (non-hydrogen) atoms. The van der Waals surface area contributed by atoms with Crippen LogP contribution in [0.3, 0.4) is 0 Å². The van der Waals surface area contributed by atoms with Crippen LogP contribution in [-0.4, -0.2) is 65.0 Å². The number of carbonyl (C=O) groups is 2. The average molecular weight is 373 g/mol. The van der Waals surface area contributed by atoms with Gasteiger partial charge in [0, 0.05) is 37.1 Å². The van der Waals surface area contributed by atoms with Gasteiger partial charge in [0.2, 0.25) is 6.10 Å². The SMILES string of the molecule is CC1(NC(=O)N2CC[C@@H](N3CCCCC3)C2)c2cnccc2OC1C(N)=O. The largest absolute Gasteiger partial charge is 0.477 e. The van der Waals surface area contributed by atoms with Gasteiger partial charge in [-0.15, -0.1) is 0 Å². The molecule has 8 nitrogen and oxygen atoms in total. The normalized spacial score (nSPS) is 30.6. The molecule has 0 aliphatic carbocycles. The molecule has 0 aromatic carbocycles. The van der Waals surface area contributed by atoms with Gasteiger partial charge in [-0.1, -0.05) is 6.42 Å². The second kappa shape index (κ2) is 6.99. The van der Waals surface area contributed by atoms with E-state index in [1.807, 2.05) is 4.90 Å². The molecule has 0 saturated carbocycles. The number of rotatable bonds is 3. The number of pyridine rings is 1. The second-order valence-electron chi connectivity index (χ2n) is 7.89. The van der Waals surface area contributed by atoms with E-state index in [0.29, 0.717) is 30.4 Å². The van der Waals surface area contributed by atoms with Gasteiger partial charge in [0.05, 0.1) is 0 Å². The summed E-state index contributed by atoms with van der Waals surface area (Å²) in [7, 11) is 0. The molecule has 2 fully saturated rings. The Kier molecular flexibility index (Phi) is 4.67. The summed E-state index contributed by atoms with van der Waals surface area (Å²) < 4.78 is 5.71. The summed E-state index contributed by atoms with van der Waals surface area (Å²) in [5, 5.41) is 3.01. The van der Waals surface area contributed by atoms with Crippen LogP contribution in [0.5, 0.6) is 5.75 Å². The Morgan fingerprint density at radius 2 is 2.07 bits per heavy atom. The third-order valence-corrected chi connectivity index (χ3v) is 6.09. The zero-order valence-corrected chi connectivity index (χ0v) is 15.7. The molecule has 1 aromatic rings. The number of nitrogens with two attached hydrogens (primary N) is 1. The molecular formula is C19H27N5O3. The van der Waals surface area contributed by atoms with Gasteiger partial charge in [0.25, 0.3) is 5.91 Å². The first-order chi connectivity index (χ1) is 13.0. The number of nitrogens with zero attached hydrogens (tertiary/aromatic N) is 3. The molecule has 0 radical (unpaired) electrons. The van der Waals surface area contributed by atoms with Crippen molar-refractivity contribution in [1.82, 2.24) is 20.1 Å². The standard InChI is InChI=1S/C19H27N5O3/c1-19(14-11-21-7-5-15(14)27-16(19)17(20)25)22-18(26)24-10-6-13(12-24)23-8-3-2-4-9-23/h5,7,11,13,16H,2-4,6,8-10,12H2,1H3,(H2,20,25)(H,22,26)/t13-,16?,19?/m1/s1. The number of carbonyl (C=O) groups excluding carboxylic acids is 2. The van der Waals surface area contributed by atoms with Crippen molar-refractivity contribution in [3.8, 4) is 5.75 Å². The van der Waals surface area contributed by atoms with Crippen molar-refractivity contribution in [1.29, 1.82) is 0 Å². The van der Waals surface area contributed by atoms with Gasteiger partial charge < -0.3 is 20.7 Å². The quantitative estimate of drug-likeness (QED) is 0.817. The van der Waals surface area contributed by atoms with Crippen molar-refractivity contribution in [2.24, 2.45) is 5.73 Å². The Labute approximate surface area is 159 Å². The number of hydrogen-bond donors (Lipinski definition) is 2. The van der Waals surface area contributed by atoms with Crippen LogP contribution in [0.4, 0.5) is 4.79 Å². The fraction of sp³-hybridized carbons (Fsp3) is 0.632. The maximum Gasteiger partial charge on any atom is 0.318 e. The lowest BCUT2D eigenvalue weighted by molar-refractivity contribution is -0.126. The number of fused-ring (bicyclic) bond motifs is 1. The van der Waals surface area contributed by atoms with E-state index in [4.69, 9.17) is 10.5 Å².